The molecule has 0 saturated carbocycles. The molecule has 0 aliphatic heterocycles. The summed E-state index contributed by atoms with van der Waals surface area (Å²) < 4.78 is 10.6. The average Bonchev–Trinajstić information content (AvgIpc) is 2.95. The van der Waals surface area contributed by atoms with Gasteiger partial charge in [-0.2, -0.15) is 0 Å². The number of nitrogen functional groups attached to an aromatic ring is 1. The number of oxazole rings is 1. The van der Waals surface area contributed by atoms with Crippen molar-refractivity contribution in [1.29, 1.82) is 0 Å². The van der Waals surface area contributed by atoms with Gasteiger partial charge in [0.2, 0.25) is 0 Å². The summed E-state index contributed by atoms with van der Waals surface area (Å²) in [6, 6.07) is 3.26. The molecule has 104 valence electrons. The Labute approximate surface area is 118 Å². The van der Waals surface area contributed by atoms with Crippen LogP contribution in [-0.4, -0.2) is 16.6 Å². The minimum atomic E-state index is -0.503. The molecule has 0 aliphatic rings. The second-order valence-electron chi connectivity index (χ2n) is 4.36. The molecule has 7 heteroatoms. The lowest BCUT2D eigenvalue weighted by Gasteiger charge is -2.08. The molecule has 0 bridgehead atoms. The Kier molecular flexibility index (Phi) is 3.19. The van der Waals surface area contributed by atoms with Crippen LogP contribution < -0.4 is 16.2 Å². The summed E-state index contributed by atoms with van der Waals surface area (Å²) in [6.07, 6.45) is 0.774. The van der Waals surface area contributed by atoms with Gasteiger partial charge in [0.25, 0.3) is 0 Å². The summed E-state index contributed by atoms with van der Waals surface area (Å²) in [5.41, 5.74) is 10.2. The van der Waals surface area contributed by atoms with Crippen LogP contribution in [0.5, 0.6) is 5.75 Å². The fourth-order valence-electron chi connectivity index (χ4n) is 1.94. The lowest BCUT2D eigenvalue weighted by atomic mass is 10.2. The van der Waals surface area contributed by atoms with Gasteiger partial charge in [0.1, 0.15) is 5.75 Å². The molecule has 0 radical (unpaired) electrons. The number of H-pyrrole nitrogens is 1. The van der Waals surface area contributed by atoms with Gasteiger partial charge in [0.15, 0.2) is 5.58 Å². The summed E-state index contributed by atoms with van der Waals surface area (Å²) in [4.78, 5) is 19.1. The van der Waals surface area contributed by atoms with E-state index in [2.05, 4.69) is 9.97 Å². The number of rotatable bonds is 4. The van der Waals surface area contributed by atoms with Gasteiger partial charge in [0, 0.05) is 23.4 Å². The number of hydrogen-bond acceptors (Lipinski definition) is 6. The molecule has 2 aromatic heterocycles. The number of ether oxygens (including phenoxy) is 1. The smallest absolute Gasteiger partial charge is 0.417 e. The fourth-order valence-corrected chi connectivity index (χ4v) is 2.70. The van der Waals surface area contributed by atoms with E-state index in [1.165, 1.54) is 4.88 Å². The molecule has 0 saturated heterocycles. The molecule has 6 nitrogen and oxygen atoms in total. The first-order valence-electron chi connectivity index (χ1n) is 6.07. The van der Waals surface area contributed by atoms with Crippen LogP contribution in [0.25, 0.3) is 11.1 Å². The number of fused-ring (bicyclic) bond motifs is 1. The van der Waals surface area contributed by atoms with E-state index in [-0.39, 0.29) is 0 Å². The van der Waals surface area contributed by atoms with Crippen molar-refractivity contribution >= 4 is 28.1 Å². The third-order valence-electron chi connectivity index (χ3n) is 2.98. The molecule has 0 atom stereocenters. The van der Waals surface area contributed by atoms with E-state index >= 15 is 0 Å². The topological polar surface area (TPSA) is 94.1 Å². The van der Waals surface area contributed by atoms with Crippen LogP contribution in [0.2, 0.25) is 0 Å². The largest absolute Gasteiger partial charge is 0.491 e. The van der Waals surface area contributed by atoms with E-state index in [0.29, 0.717) is 29.1 Å². The second kappa shape index (κ2) is 5.01. The minimum absolute atomic E-state index is 0.429. The third-order valence-corrected chi connectivity index (χ3v) is 3.98. The number of thiazole rings is 1. The van der Waals surface area contributed by atoms with Gasteiger partial charge in [0.05, 0.1) is 29.0 Å². The van der Waals surface area contributed by atoms with Gasteiger partial charge in [-0.05, 0) is 6.92 Å². The van der Waals surface area contributed by atoms with Gasteiger partial charge >= 0.3 is 5.76 Å². The van der Waals surface area contributed by atoms with E-state index in [1.54, 1.807) is 23.5 Å². The van der Waals surface area contributed by atoms with Crippen LogP contribution >= 0.6 is 11.3 Å². The molecular weight excluding hydrogens is 278 g/mol. The lowest BCUT2D eigenvalue weighted by molar-refractivity contribution is 0.324. The van der Waals surface area contributed by atoms with E-state index in [9.17, 15) is 4.79 Å². The zero-order valence-electron chi connectivity index (χ0n) is 10.8. The first kappa shape index (κ1) is 12.7. The predicted molar refractivity (Wildman–Crippen MR) is 77.3 cm³/mol. The van der Waals surface area contributed by atoms with Crippen molar-refractivity contribution in [3.8, 4) is 5.75 Å². The maximum atomic E-state index is 11.1. The van der Waals surface area contributed by atoms with Crippen LogP contribution in [0.3, 0.4) is 0 Å². The average molecular weight is 291 g/mol. The van der Waals surface area contributed by atoms with Gasteiger partial charge in [-0.1, -0.05) is 0 Å². The monoisotopic (exact) mass is 291 g/mol. The molecule has 2 heterocycles. The summed E-state index contributed by atoms with van der Waals surface area (Å²) >= 11 is 1.61. The van der Waals surface area contributed by atoms with Crippen molar-refractivity contribution in [1.82, 2.24) is 9.97 Å². The maximum absolute atomic E-state index is 11.1. The highest BCUT2D eigenvalue weighted by atomic mass is 32.1. The second-order valence-corrected chi connectivity index (χ2v) is 5.30. The van der Waals surface area contributed by atoms with Gasteiger partial charge in [-0.3, -0.25) is 4.98 Å². The molecule has 20 heavy (non-hydrogen) atoms. The minimum Gasteiger partial charge on any atom is -0.491 e. The normalized spacial score (nSPS) is 11.1. The summed E-state index contributed by atoms with van der Waals surface area (Å²) in [5.74, 6) is 0.0357. The van der Waals surface area contributed by atoms with Crippen LogP contribution in [0, 0.1) is 6.92 Å². The molecule has 0 fully saturated rings. The molecule has 0 aliphatic carbocycles. The van der Waals surface area contributed by atoms with Gasteiger partial charge in [-0.15, -0.1) is 11.3 Å². The number of aromatic nitrogens is 2. The molecular formula is C13H13N3O3S. The highest BCUT2D eigenvalue weighted by Gasteiger charge is 2.08. The van der Waals surface area contributed by atoms with Gasteiger partial charge in [-0.25, -0.2) is 9.78 Å². The van der Waals surface area contributed by atoms with E-state index in [0.717, 1.165) is 12.1 Å². The number of aromatic amines is 1. The highest BCUT2D eigenvalue weighted by Crippen LogP contribution is 2.27. The molecule has 3 rings (SSSR count). The Hall–Kier alpha value is -2.28. The lowest BCUT2D eigenvalue weighted by Crippen LogP contribution is -2.03. The van der Waals surface area contributed by atoms with Crippen molar-refractivity contribution < 1.29 is 9.15 Å². The van der Waals surface area contributed by atoms with Crippen LogP contribution in [0.15, 0.2) is 26.9 Å². The SMILES string of the molecule is Cc1ncsc1CCOc1cc2[nH]c(=O)oc2cc1N. The Bertz CT molecular complexity index is 803. The van der Waals surface area contributed by atoms with E-state index in [4.69, 9.17) is 14.9 Å². The summed E-state index contributed by atoms with van der Waals surface area (Å²) in [7, 11) is 0. The molecule has 1 aromatic carbocycles. The molecule has 0 amide bonds. The first-order valence-corrected chi connectivity index (χ1v) is 6.95. The number of benzene rings is 1. The van der Waals surface area contributed by atoms with E-state index < -0.39 is 5.76 Å². The summed E-state index contributed by atoms with van der Waals surface area (Å²) in [6.45, 7) is 2.48. The van der Waals surface area contributed by atoms with Crippen molar-refractivity contribution in [2.24, 2.45) is 0 Å². The fraction of sp³-hybridized carbons (Fsp3) is 0.231. The number of nitrogens with two attached hydrogens (primary N) is 1. The van der Waals surface area contributed by atoms with Crippen LogP contribution in [0.4, 0.5) is 5.69 Å². The number of nitrogens with zero attached hydrogens (tertiary/aromatic N) is 1. The Morgan fingerprint density at radius 3 is 3.10 bits per heavy atom. The van der Waals surface area contributed by atoms with Crippen LogP contribution in [-0.2, 0) is 6.42 Å². The Morgan fingerprint density at radius 2 is 2.35 bits per heavy atom. The zero-order chi connectivity index (χ0) is 14.1. The van der Waals surface area contributed by atoms with Crippen molar-refractivity contribution in [3.05, 3.63) is 38.8 Å². The van der Waals surface area contributed by atoms with Crippen molar-refractivity contribution in [3.63, 3.8) is 0 Å². The molecule has 3 N–H and O–H groups in total. The van der Waals surface area contributed by atoms with Crippen molar-refractivity contribution in [2.45, 2.75) is 13.3 Å². The summed E-state index contributed by atoms with van der Waals surface area (Å²) in [5, 5.41) is 0. The number of aryl methyl sites for hydroxylation is 1. The Balaban J connectivity index is 1.75. The molecule has 3 aromatic rings. The van der Waals surface area contributed by atoms with Gasteiger partial charge < -0.3 is 14.9 Å². The van der Waals surface area contributed by atoms with Crippen LogP contribution in [0.1, 0.15) is 10.6 Å². The quantitative estimate of drug-likeness (QED) is 0.718. The van der Waals surface area contributed by atoms with Crippen molar-refractivity contribution in [2.75, 3.05) is 12.3 Å². The van der Waals surface area contributed by atoms with E-state index in [1.807, 2.05) is 12.4 Å². The zero-order valence-corrected chi connectivity index (χ0v) is 11.6. The third kappa shape index (κ3) is 2.39. The predicted octanol–water partition coefficient (Wildman–Crippen LogP) is 2.09. The highest BCUT2D eigenvalue weighted by molar-refractivity contribution is 7.09. The number of hydrogen-bond donors (Lipinski definition) is 2. The standard InChI is InChI=1S/C13H13N3O3S/c1-7-12(20-6-15-7)2-3-18-10-5-9-11(4-8(10)14)19-13(17)16-9/h4-6H,2-3,14H2,1H3,(H,16,17). The number of nitrogens with one attached hydrogen (secondary N) is 1. The first-order chi connectivity index (χ1) is 9.63. The Morgan fingerprint density at radius 1 is 1.50 bits per heavy atom. The maximum Gasteiger partial charge on any atom is 0.417 e. The molecule has 0 unspecified atom stereocenters. The molecule has 0 spiro atoms. The number of anilines is 1.